The van der Waals surface area contributed by atoms with Crippen LogP contribution in [0.3, 0.4) is 0 Å². The van der Waals surface area contributed by atoms with E-state index >= 15 is 0 Å². The first-order chi connectivity index (χ1) is 11.1. The summed E-state index contributed by atoms with van der Waals surface area (Å²) in [6, 6.07) is 5.36. The fourth-order valence-corrected chi connectivity index (χ4v) is 2.82. The number of carbonyl (C=O) groups is 2. The first-order valence-electron chi connectivity index (χ1n) is 7.78. The Hall–Kier alpha value is -2.44. The van der Waals surface area contributed by atoms with Crippen LogP contribution in [0.1, 0.15) is 18.4 Å². The van der Waals surface area contributed by atoms with Crippen molar-refractivity contribution < 1.29 is 24.2 Å². The molecule has 2 amide bonds. The molecule has 1 fully saturated rings. The summed E-state index contributed by atoms with van der Waals surface area (Å²) in [6.07, 6.45) is 1.32. The SMILES string of the molecule is O=C(O)C1CCN(C(=O)NCc2cccc3c2OCCCO3)C1. The second-order valence-electron chi connectivity index (χ2n) is 5.72. The van der Waals surface area contributed by atoms with Crippen molar-refractivity contribution >= 4 is 12.0 Å². The van der Waals surface area contributed by atoms with Gasteiger partial charge in [0.05, 0.1) is 19.1 Å². The Morgan fingerprint density at radius 2 is 2.13 bits per heavy atom. The molecule has 23 heavy (non-hydrogen) atoms. The molecular weight excluding hydrogens is 300 g/mol. The molecule has 3 rings (SSSR count). The first-order valence-corrected chi connectivity index (χ1v) is 7.78. The molecule has 0 aromatic heterocycles. The van der Waals surface area contributed by atoms with E-state index in [0.717, 1.165) is 12.0 Å². The monoisotopic (exact) mass is 320 g/mol. The van der Waals surface area contributed by atoms with E-state index in [1.807, 2.05) is 18.2 Å². The lowest BCUT2D eigenvalue weighted by atomic mass is 10.1. The molecule has 2 aliphatic heterocycles. The normalized spacial score (nSPS) is 20.0. The summed E-state index contributed by atoms with van der Waals surface area (Å²) in [4.78, 5) is 24.7. The molecule has 2 aliphatic rings. The largest absolute Gasteiger partial charge is 0.490 e. The fraction of sp³-hybridized carbons (Fsp3) is 0.500. The van der Waals surface area contributed by atoms with Crippen molar-refractivity contribution in [3.63, 3.8) is 0 Å². The lowest BCUT2D eigenvalue weighted by Crippen LogP contribution is -2.38. The number of fused-ring (bicyclic) bond motifs is 1. The predicted octanol–water partition coefficient (Wildman–Crippen LogP) is 1.46. The first kappa shape index (κ1) is 15.5. The summed E-state index contributed by atoms with van der Waals surface area (Å²) in [6.45, 7) is 2.25. The Labute approximate surface area is 134 Å². The maximum absolute atomic E-state index is 12.2. The third-order valence-corrected chi connectivity index (χ3v) is 4.11. The molecule has 0 bridgehead atoms. The standard InChI is InChI=1S/C16H20N2O5/c19-15(20)12-5-6-18(10-12)16(21)17-9-11-3-1-4-13-14(11)23-8-2-7-22-13/h1,3-4,12H,2,5-10H2,(H,17,21)(H,19,20). The summed E-state index contributed by atoms with van der Waals surface area (Å²) < 4.78 is 11.3. The van der Waals surface area contributed by atoms with Gasteiger partial charge in [-0.15, -0.1) is 0 Å². The van der Waals surface area contributed by atoms with Gasteiger partial charge in [-0.05, 0) is 12.5 Å². The van der Waals surface area contributed by atoms with Crippen molar-refractivity contribution in [1.29, 1.82) is 0 Å². The van der Waals surface area contributed by atoms with Crippen molar-refractivity contribution in [2.45, 2.75) is 19.4 Å². The van der Waals surface area contributed by atoms with Gasteiger partial charge >= 0.3 is 12.0 Å². The van der Waals surface area contributed by atoms with Gasteiger partial charge in [0.15, 0.2) is 11.5 Å². The number of nitrogens with zero attached hydrogens (tertiary/aromatic N) is 1. The highest BCUT2D eigenvalue weighted by molar-refractivity contribution is 5.77. The molecule has 1 unspecified atom stereocenters. The number of amides is 2. The van der Waals surface area contributed by atoms with Crippen LogP contribution in [0.15, 0.2) is 18.2 Å². The van der Waals surface area contributed by atoms with E-state index in [4.69, 9.17) is 14.6 Å². The lowest BCUT2D eigenvalue weighted by molar-refractivity contribution is -0.141. The van der Waals surface area contributed by atoms with Gasteiger partial charge in [-0.3, -0.25) is 4.79 Å². The Balaban J connectivity index is 1.60. The Kier molecular flexibility index (Phi) is 4.55. The molecule has 2 heterocycles. The van der Waals surface area contributed by atoms with Gasteiger partial charge in [-0.25, -0.2) is 4.79 Å². The van der Waals surface area contributed by atoms with Crippen LogP contribution in [0.5, 0.6) is 11.5 Å². The van der Waals surface area contributed by atoms with Gasteiger partial charge in [0.1, 0.15) is 0 Å². The zero-order valence-corrected chi connectivity index (χ0v) is 12.8. The van der Waals surface area contributed by atoms with E-state index in [0.29, 0.717) is 44.2 Å². The smallest absolute Gasteiger partial charge is 0.317 e. The van der Waals surface area contributed by atoms with Crippen molar-refractivity contribution in [3.8, 4) is 11.5 Å². The zero-order chi connectivity index (χ0) is 16.2. The van der Waals surface area contributed by atoms with Gasteiger partial charge in [0.25, 0.3) is 0 Å². The second-order valence-corrected chi connectivity index (χ2v) is 5.72. The Morgan fingerprint density at radius 1 is 1.30 bits per heavy atom. The number of hydrogen-bond donors (Lipinski definition) is 2. The minimum absolute atomic E-state index is 0.249. The van der Waals surface area contributed by atoms with Crippen LogP contribution in [0.2, 0.25) is 0 Å². The average molecular weight is 320 g/mol. The number of urea groups is 1. The average Bonchev–Trinajstić information content (AvgIpc) is 2.92. The summed E-state index contributed by atoms with van der Waals surface area (Å²) >= 11 is 0. The molecule has 1 atom stereocenters. The predicted molar refractivity (Wildman–Crippen MR) is 81.6 cm³/mol. The summed E-state index contributed by atoms with van der Waals surface area (Å²) in [5.74, 6) is 0.0567. The summed E-state index contributed by atoms with van der Waals surface area (Å²) in [5, 5.41) is 11.8. The molecule has 0 aliphatic carbocycles. The Bertz CT molecular complexity index is 604. The minimum atomic E-state index is -0.848. The van der Waals surface area contributed by atoms with Crippen molar-refractivity contribution in [2.75, 3.05) is 26.3 Å². The number of ether oxygens (including phenoxy) is 2. The highest BCUT2D eigenvalue weighted by atomic mass is 16.5. The van der Waals surface area contributed by atoms with E-state index in [1.54, 1.807) is 0 Å². The zero-order valence-electron chi connectivity index (χ0n) is 12.8. The second kappa shape index (κ2) is 6.76. The molecule has 1 aromatic rings. The molecule has 2 N–H and O–H groups in total. The van der Waals surface area contributed by atoms with Crippen molar-refractivity contribution in [2.24, 2.45) is 5.92 Å². The van der Waals surface area contributed by atoms with Crippen LogP contribution >= 0.6 is 0 Å². The highest BCUT2D eigenvalue weighted by Crippen LogP contribution is 2.33. The van der Waals surface area contributed by atoms with E-state index in [1.165, 1.54) is 4.90 Å². The number of hydrogen-bond acceptors (Lipinski definition) is 4. The number of likely N-dealkylation sites (tertiary alicyclic amines) is 1. The molecular formula is C16H20N2O5. The molecule has 0 radical (unpaired) electrons. The number of carboxylic acid groups (broad SMARTS) is 1. The van der Waals surface area contributed by atoms with Crippen molar-refractivity contribution in [3.05, 3.63) is 23.8 Å². The lowest BCUT2D eigenvalue weighted by Gasteiger charge is -2.18. The van der Waals surface area contributed by atoms with Crippen LogP contribution < -0.4 is 14.8 Å². The number of carbonyl (C=O) groups excluding carboxylic acids is 1. The number of rotatable bonds is 3. The number of benzene rings is 1. The van der Waals surface area contributed by atoms with E-state index in [2.05, 4.69) is 5.32 Å². The van der Waals surface area contributed by atoms with E-state index in [-0.39, 0.29) is 12.6 Å². The van der Waals surface area contributed by atoms with Gasteiger partial charge < -0.3 is 24.8 Å². The van der Waals surface area contributed by atoms with Gasteiger partial charge in [-0.1, -0.05) is 12.1 Å². The molecule has 1 saturated heterocycles. The number of carboxylic acids is 1. The number of aliphatic carboxylic acids is 1. The quantitative estimate of drug-likeness (QED) is 0.880. The highest BCUT2D eigenvalue weighted by Gasteiger charge is 2.30. The topological polar surface area (TPSA) is 88.1 Å². The summed E-state index contributed by atoms with van der Waals surface area (Å²) in [5.41, 5.74) is 0.853. The maximum atomic E-state index is 12.2. The number of nitrogens with one attached hydrogen (secondary N) is 1. The minimum Gasteiger partial charge on any atom is -0.490 e. The molecule has 0 saturated carbocycles. The van der Waals surface area contributed by atoms with Crippen LogP contribution in [0.4, 0.5) is 4.79 Å². The molecule has 7 heteroatoms. The maximum Gasteiger partial charge on any atom is 0.317 e. The molecule has 7 nitrogen and oxygen atoms in total. The van der Waals surface area contributed by atoms with Gasteiger partial charge in [0, 0.05) is 31.6 Å². The van der Waals surface area contributed by atoms with Gasteiger partial charge in [0.2, 0.25) is 0 Å². The van der Waals surface area contributed by atoms with Crippen LogP contribution in [-0.4, -0.2) is 48.3 Å². The van der Waals surface area contributed by atoms with Crippen LogP contribution in [0, 0.1) is 5.92 Å². The van der Waals surface area contributed by atoms with Gasteiger partial charge in [-0.2, -0.15) is 0 Å². The summed E-state index contributed by atoms with van der Waals surface area (Å²) in [7, 11) is 0. The molecule has 1 aromatic carbocycles. The van der Waals surface area contributed by atoms with E-state index in [9.17, 15) is 9.59 Å². The molecule has 124 valence electrons. The third-order valence-electron chi connectivity index (χ3n) is 4.11. The fourth-order valence-electron chi connectivity index (χ4n) is 2.82. The van der Waals surface area contributed by atoms with Crippen LogP contribution in [0.25, 0.3) is 0 Å². The Morgan fingerprint density at radius 3 is 2.91 bits per heavy atom. The number of para-hydroxylation sites is 1. The molecule has 0 spiro atoms. The van der Waals surface area contributed by atoms with E-state index < -0.39 is 11.9 Å². The van der Waals surface area contributed by atoms with Crippen molar-refractivity contribution in [1.82, 2.24) is 10.2 Å². The third kappa shape index (κ3) is 3.49. The van der Waals surface area contributed by atoms with Crippen LogP contribution in [-0.2, 0) is 11.3 Å².